The van der Waals surface area contributed by atoms with Gasteiger partial charge in [-0.1, -0.05) is 30.3 Å². The van der Waals surface area contributed by atoms with Gasteiger partial charge in [-0.15, -0.1) is 0 Å². The van der Waals surface area contributed by atoms with E-state index in [2.05, 4.69) is 28.1 Å². The molecule has 1 aromatic carbocycles. The molecule has 1 saturated heterocycles. The number of hydrogen-bond acceptors (Lipinski definition) is 2. The highest BCUT2D eigenvalue weighted by Crippen LogP contribution is 2.28. The van der Waals surface area contributed by atoms with Crippen molar-refractivity contribution in [3.05, 3.63) is 58.3 Å². The van der Waals surface area contributed by atoms with Gasteiger partial charge in [0.1, 0.15) is 5.69 Å². The second kappa shape index (κ2) is 5.66. The summed E-state index contributed by atoms with van der Waals surface area (Å²) in [4.78, 5) is 14.5. The van der Waals surface area contributed by atoms with Gasteiger partial charge in [-0.3, -0.25) is 4.79 Å². The summed E-state index contributed by atoms with van der Waals surface area (Å²) in [6, 6.07) is 12.0. The van der Waals surface area contributed by atoms with Crippen molar-refractivity contribution in [1.82, 2.24) is 9.47 Å². The minimum atomic E-state index is -0.0138. The third-order valence-corrected chi connectivity index (χ3v) is 4.50. The maximum atomic E-state index is 12.6. The fourth-order valence-electron chi connectivity index (χ4n) is 2.95. The molecule has 5 heteroatoms. The van der Waals surface area contributed by atoms with Gasteiger partial charge in [0.15, 0.2) is 0 Å². The van der Waals surface area contributed by atoms with E-state index in [0.29, 0.717) is 18.8 Å². The quantitative estimate of drug-likeness (QED) is 0.906. The molecule has 2 aromatic rings. The maximum Gasteiger partial charge on any atom is 0.270 e. The summed E-state index contributed by atoms with van der Waals surface area (Å²) in [7, 11) is 1.88. The summed E-state index contributed by atoms with van der Waals surface area (Å²) in [6.45, 7) is 1.27. The summed E-state index contributed by atoms with van der Waals surface area (Å²) < 4.78 is 2.75. The number of amides is 1. The second-order valence-corrected chi connectivity index (χ2v) is 6.46. The average molecular weight is 348 g/mol. The van der Waals surface area contributed by atoms with Crippen LogP contribution in [-0.4, -0.2) is 34.5 Å². The van der Waals surface area contributed by atoms with E-state index >= 15 is 0 Å². The largest absolute Gasteiger partial charge is 0.345 e. The number of hydrogen-bond donors (Lipinski definition) is 1. The zero-order valence-electron chi connectivity index (χ0n) is 11.9. The van der Waals surface area contributed by atoms with Crippen molar-refractivity contribution in [2.75, 3.05) is 13.1 Å². The van der Waals surface area contributed by atoms with Crippen LogP contribution >= 0.6 is 15.9 Å². The minimum Gasteiger partial charge on any atom is -0.345 e. The molecule has 0 saturated carbocycles. The predicted molar refractivity (Wildman–Crippen MR) is 86.2 cm³/mol. The first-order chi connectivity index (χ1) is 10.1. The number of carbonyl (C=O) groups is 1. The Morgan fingerprint density at radius 1 is 1.29 bits per heavy atom. The smallest absolute Gasteiger partial charge is 0.270 e. The zero-order valence-corrected chi connectivity index (χ0v) is 13.5. The molecule has 0 unspecified atom stereocenters. The van der Waals surface area contributed by atoms with Crippen LogP contribution < -0.4 is 5.73 Å². The van der Waals surface area contributed by atoms with Gasteiger partial charge >= 0.3 is 0 Å². The number of nitrogens with two attached hydrogens (primary N) is 1. The first-order valence-corrected chi connectivity index (χ1v) is 7.77. The molecule has 0 bridgehead atoms. The second-order valence-electron chi connectivity index (χ2n) is 5.55. The maximum absolute atomic E-state index is 12.6. The van der Waals surface area contributed by atoms with Crippen LogP contribution in [0, 0.1) is 0 Å². The summed E-state index contributed by atoms with van der Waals surface area (Å²) >= 11 is 3.40. The van der Waals surface area contributed by atoms with Crippen LogP contribution in [0.15, 0.2) is 47.1 Å². The summed E-state index contributed by atoms with van der Waals surface area (Å²) in [5.41, 5.74) is 8.14. The molecule has 0 aliphatic carbocycles. The first-order valence-electron chi connectivity index (χ1n) is 6.98. The average Bonchev–Trinajstić information content (AvgIpc) is 3.02. The third-order valence-electron chi connectivity index (χ3n) is 4.07. The van der Waals surface area contributed by atoms with Gasteiger partial charge in [0.2, 0.25) is 0 Å². The molecule has 0 spiro atoms. The molecule has 110 valence electrons. The molecule has 1 aliphatic rings. The van der Waals surface area contributed by atoms with Gasteiger partial charge in [-0.05, 0) is 27.6 Å². The van der Waals surface area contributed by atoms with Crippen molar-refractivity contribution in [2.24, 2.45) is 12.8 Å². The van der Waals surface area contributed by atoms with Gasteiger partial charge in [0.05, 0.1) is 0 Å². The molecule has 2 N–H and O–H groups in total. The van der Waals surface area contributed by atoms with E-state index in [9.17, 15) is 4.79 Å². The molecule has 1 aromatic heterocycles. The molecular weight excluding hydrogens is 330 g/mol. The Morgan fingerprint density at radius 2 is 2.00 bits per heavy atom. The Kier molecular flexibility index (Phi) is 3.87. The highest BCUT2D eigenvalue weighted by Gasteiger charge is 2.34. The Bertz CT molecular complexity index is 653. The molecule has 2 atom stereocenters. The number of benzene rings is 1. The molecule has 1 aliphatic heterocycles. The van der Waals surface area contributed by atoms with E-state index in [-0.39, 0.29) is 17.9 Å². The van der Waals surface area contributed by atoms with Crippen molar-refractivity contribution in [1.29, 1.82) is 0 Å². The standard InChI is InChI=1S/C16H18BrN3O/c1-19-8-12(17)7-15(19)16(21)20-9-13(14(18)10-20)11-5-3-2-4-6-11/h2-8,13-14H,9-10,18H2,1H3/t13-,14+/m0/s1. The molecule has 1 fully saturated rings. The fourth-order valence-corrected chi connectivity index (χ4v) is 3.47. The summed E-state index contributed by atoms with van der Waals surface area (Å²) in [5, 5.41) is 0. The number of rotatable bonds is 2. The predicted octanol–water partition coefficient (Wildman–Crippen LogP) is 2.35. The number of aryl methyl sites for hydroxylation is 1. The van der Waals surface area contributed by atoms with Crippen LogP contribution in [0.4, 0.5) is 0 Å². The minimum absolute atomic E-state index is 0.0138. The van der Waals surface area contributed by atoms with E-state index in [4.69, 9.17) is 5.73 Å². The molecule has 0 radical (unpaired) electrons. The third kappa shape index (κ3) is 2.76. The van der Waals surface area contributed by atoms with Crippen molar-refractivity contribution in [3.63, 3.8) is 0 Å². The topological polar surface area (TPSA) is 51.3 Å². The van der Waals surface area contributed by atoms with Crippen LogP contribution in [-0.2, 0) is 7.05 Å². The molecule has 4 nitrogen and oxygen atoms in total. The molecule has 2 heterocycles. The molecule has 21 heavy (non-hydrogen) atoms. The lowest BCUT2D eigenvalue weighted by Gasteiger charge is -2.16. The lowest BCUT2D eigenvalue weighted by Crippen LogP contribution is -2.33. The highest BCUT2D eigenvalue weighted by atomic mass is 79.9. The summed E-state index contributed by atoms with van der Waals surface area (Å²) in [5.74, 6) is 0.246. The van der Waals surface area contributed by atoms with Crippen LogP contribution in [0.1, 0.15) is 22.0 Å². The van der Waals surface area contributed by atoms with Crippen LogP contribution in [0.2, 0.25) is 0 Å². The number of likely N-dealkylation sites (tertiary alicyclic amines) is 1. The van der Waals surface area contributed by atoms with Crippen LogP contribution in [0.5, 0.6) is 0 Å². The SMILES string of the molecule is Cn1cc(Br)cc1C(=O)N1C[C@@H](N)[C@H](c2ccccc2)C1. The zero-order chi connectivity index (χ0) is 15.0. The number of halogens is 1. The Labute approximate surface area is 132 Å². The van der Waals surface area contributed by atoms with Crippen LogP contribution in [0.25, 0.3) is 0 Å². The van der Waals surface area contributed by atoms with E-state index < -0.39 is 0 Å². The van der Waals surface area contributed by atoms with E-state index in [0.717, 1.165) is 4.47 Å². The number of nitrogens with zero attached hydrogens (tertiary/aromatic N) is 2. The highest BCUT2D eigenvalue weighted by molar-refractivity contribution is 9.10. The Balaban J connectivity index is 1.80. The monoisotopic (exact) mass is 347 g/mol. The van der Waals surface area contributed by atoms with E-state index in [1.807, 2.05) is 47.0 Å². The van der Waals surface area contributed by atoms with Gasteiger partial charge < -0.3 is 15.2 Å². The normalized spacial score (nSPS) is 21.8. The fraction of sp³-hybridized carbons (Fsp3) is 0.312. The Morgan fingerprint density at radius 3 is 2.62 bits per heavy atom. The Hall–Kier alpha value is -1.59. The van der Waals surface area contributed by atoms with Gasteiger partial charge in [-0.25, -0.2) is 0 Å². The number of carbonyl (C=O) groups excluding carboxylic acids is 1. The number of aromatic nitrogens is 1. The van der Waals surface area contributed by atoms with Crippen molar-refractivity contribution in [3.8, 4) is 0 Å². The van der Waals surface area contributed by atoms with Gasteiger partial charge in [0, 0.05) is 42.8 Å². The molecule has 3 rings (SSSR count). The van der Waals surface area contributed by atoms with Crippen molar-refractivity contribution in [2.45, 2.75) is 12.0 Å². The van der Waals surface area contributed by atoms with E-state index in [1.54, 1.807) is 0 Å². The molecule has 1 amide bonds. The first kappa shape index (κ1) is 14.4. The summed E-state index contributed by atoms with van der Waals surface area (Å²) in [6.07, 6.45) is 1.89. The lowest BCUT2D eigenvalue weighted by atomic mass is 9.95. The van der Waals surface area contributed by atoms with Crippen LogP contribution in [0.3, 0.4) is 0 Å². The van der Waals surface area contributed by atoms with Crippen molar-refractivity contribution >= 4 is 21.8 Å². The van der Waals surface area contributed by atoms with Crippen molar-refractivity contribution < 1.29 is 4.79 Å². The lowest BCUT2D eigenvalue weighted by molar-refractivity contribution is 0.0779. The van der Waals surface area contributed by atoms with Gasteiger partial charge in [-0.2, -0.15) is 0 Å². The van der Waals surface area contributed by atoms with Gasteiger partial charge in [0.25, 0.3) is 5.91 Å². The molecular formula is C16H18BrN3O. The van der Waals surface area contributed by atoms with E-state index in [1.165, 1.54) is 5.56 Å².